The molecule has 18 heavy (non-hydrogen) atoms. The average Bonchev–Trinajstić information content (AvgIpc) is 2.91. The maximum Gasteiger partial charge on any atom is 0.339 e. The van der Waals surface area contributed by atoms with Crippen LogP contribution in [0.1, 0.15) is 20.7 Å². The van der Waals surface area contributed by atoms with Crippen molar-refractivity contribution in [3.63, 3.8) is 0 Å². The van der Waals surface area contributed by atoms with E-state index in [0.29, 0.717) is 5.56 Å². The third-order valence-corrected chi connectivity index (χ3v) is 2.44. The normalized spacial score (nSPS) is 10.1. The van der Waals surface area contributed by atoms with Gasteiger partial charge < -0.3 is 10.5 Å². The fourth-order valence-corrected chi connectivity index (χ4v) is 1.50. The minimum Gasteiger partial charge on any atom is -0.465 e. The lowest BCUT2D eigenvalue weighted by Crippen LogP contribution is -2.12. The second-order valence-corrected chi connectivity index (χ2v) is 3.57. The molecule has 0 saturated heterocycles. The highest BCUT2D eigenvalue weighted by Gasteiger charge is 2.14. The molecule has 0 aliphatic carbocycles. The molecule has 2 N–H and O–H groups in total. The van der Waals surface area contributed by atoms with E-state index < -0.39 is 5.97 Å². The molecule has 0 aliphatic heterocycles. The molecule has 0 amide bonds. The minimum absolute atomic E-state index is 0.170. The summed E-state index contributed by atoms with van der Waals surface area (Å²) in [6.45, 7) is 0. The van der Waals surface area contributed by atoms with Gasteiger partial charge in [-0.15, -0.1) is 0 Å². The van der Waals surface area contributed by atoms with Crippen LogP contribution in [0, 0.1) is 0 Å². The number of carbonyl (C=O) groups is 2. The standard InChI is InChI=1S/C12H11N3O3/c1-18-12(17)9-6-8(2-3-10(9)13)11(16)15-5-4-14-7-15/h2-7H,13H2,1H3. The van der Waals surface area contributed by atoms with Crippen molar-refractivity contribution in [2.75, 3.05) is 12.8 Å². The second-order valence-electron chi connectivity index (χ2n) is 3.57. The van der Waals surface area contributed by atoms with E-state index in [1.807, 2.05) is 0 Å². The van der Waals surface area contributed by atoms with Crippen LogP contribution in [0.5, 0.6) is 0 Å². The topological polar surface area (TPSA) is 87.2 Å². The Bertz CT molecular complexity index is 591. The highest BCUT2D eigenvalue weighted by Crippen LogP contribution is 2.16. The summed E-state index contributed by atoms with van der Waals surface area (Å²) in [5.74, 6) is -0.870. The van der Waals surface area contributed by atoms with E-state index in [9.17, 15) is 9.59 Å². The predicted molar refractivity (Wildman–Crippen MR) is 64.1 cm³/mol. The van der Waals surface area contributed by atoms with Gasteiger partial charge in [-0.05, 0) is 18.2 Å². The summed E-state index contributed by atoms with van der Waals surface area (Å²) in [6.07, 6.45) is 4.41. The second kappa shape index (κ2) is 4.70. The molecule has 1 aromatic heterocycles. The first-order chi connectivity index (χ1) is 8.63. The first-order valence-electron chi connectivity index (χ1n) is 5.14. The minimum atomic E-state index is -0.576. The van der Waals surface area contributed by atoms with Gasteiger partial charge in [-0.3, -0.25) is 9.36 Å². The van der Waals surface area contributed by atoms with Crippen LogP contribution >= 0.6 is 0 Å². The van der Waals surface area contributed by atoms with Crippen molar-refractivity contribution < 1.29 is 14.3 Å². The van der Waals surface area contributed by atoms with E-state index in [-0.39, 0.29) is 17.2 Å². The number of aromatic nitrogens is 2. The van der Waals surface area contributed by atoms with Gasteiger partial charge in [-0.2, -0.15) is 0 Å². The zero-order valence-corrected chi connectivity index (χ0v) is 9.66. The Kier molecular flexibility index (Phi) is 3.09. The van der Waals surface area contributed by atoms with Crippen molar-refractivity contribution in [1.82, 2.24) is 9.55 Å². The summed E-state index contributed by atoms with van der Waals surface area (Å²) >= 11 is 0. The summed E-state index contributed by atoms with van der Waals surface area (Å²) in [5, 5.41) is 0. The van der Waals surface area contributed by atoms with Gasteiger partial charge in [0.05, 0.1) is 12.7 Å². The van der Waals surface area contributed by atoms with E-state index in [2.05, 4.69) is 9.72 Å². The number of ether oxygens (including phenoxy) is 1. The first-order valence-corrected chi connectivity index (χ1v) is 5.14. The van der Waals surface area contributed by atoms with Crippen molar-refractivity contribution in [3.05, 3.63) is 48.0 Å². The maximum atomic E-state index is 12.0. The van der Waals surface area contributed by atoms with Crippen LogP contribution in [0.15, 0.2) is 36.9 Å². The molecule has 0 aliphatic rings. The molecular weight excluding hydrogens is 234 g/mol. The molecule has 1 aromatic carbocycles. The molecule has 0 spiro atoms. The SMILES string of the molecule is COC(=O)c1cc(C(=O)n2ccnc2)ccc1N. The number of nitrogen functional groups attached to an aromatic ring is 1. The Morgan fingerprint density at radius 2 is 2.17 bits per heavy atom. The zero-order valence-electron chi connectivity index (χ0n) is 9.66. The Morgan fingerprint density at radius 1 is 1.39 bits per heavy atom. The average molecular weight is 245 g/mol. The molecule has 92 valence electrons. The van der Waals surface area contributed by atoms with Crippen LogP contribution in [0.2, 0.25) is 0 Å². The van der Waals surface area contributed by atoms with Gasteiger partial charge in [-0.25, -0.2) is 9.78 Å². The van der Waals surface area contributed by atoms with Crippen LogP contribution < -0.4 is 5.73 Å². The first kappa shape index (κ1) is 11.8. The van der Waals surface area contributed by atoms with Crippen molar-refractivity contribution >= 4 is 17.6 Å². The summed E-state index contributed by atoms with van der Waals surface area (Å²) in [4.78, 5) is 27.3. The number of hydrogen-bond acceptors (Lipinski definition) is 5. The van der Waals surface area contributed by atoms with Crippen molar-refractivity contribution in [1.29, 1.82) is 0 Å². The van der Waals surface area contributed by atoms with Crippen LogP contribution in [0.4, 0.5) is 5.69 Å². The van der Waals surface area contributed by atoms with Gasteiger partial charge in [-0.1, -0.05) is 0 Å². The van der Waals surface area contributed by atoms with Crippen LogP contribution in [0.3, 0.4) is 0 Å². The van der Waals surface area contributed by atoms with Gasteiger partial charge in [0.15, 0.2) is 0 Å². The number of imidazole rings is 1. The van der Waals surface area contributed by atoms with Crippen LogP contribution in [0.25, 0.3) is 0 Å². The summed E-state index contributed by atoms with van der Waals surface area (Å²) in [5.41, 5.74) is 6.43. The molecule has 6 heteroatoms. The maximum absolute atomic E-state index is 12.0. The Balaban J connectivity index is 2.41. The van der Waals surface area contributed by atoms with Gasteiger partial charge in [0, 0.05) is 23.6 Å². The van der Waals surface area contributed by atoms with Crippen molar-refractivity contribution in [2.45, 2.75) is 0 Å². The fourth-order valence-electron chi connectivity index (χ4n) is 1.50. The van der Waals surface area contributed by atoms with Crippen molar-refractivity contribution in [3.8, 4) is 0 Å². The molecule has 0 saturated carbocycles. The third-order valence-electron chi connectivity index (χ3n) is 2.44. The van der Waals surface area contributed by atoms with E-state index in [0.717, 1.165) is 0 Å². The smallest absolute Gasteiger partial charge is 0.339 e. The molecule has 0 atom stereocenters. The number of hydrogen-bond donors (Lipinski definition) is 1. The monoisotopic (exact) mass is 245 g/mol. The largest absolute Gasteiger partial charge is 0.465 e. The molecule has 2 aromatic rings. The molecule has 0 fully saturated rings. The van der Waals surface area contributed by atoms with E-state index in [4.69, 9.17) is 5.73 Å². The lowest BCUT2D eigenvalue weighted by molar-refractivity contribution is 0.0602. The Morgan fingerprint density at radius 3 is 2.78 bits per heavy atom. The van der Waals surface area contributed by atoms with Crippen LogP contribution in [-0.2, 0) is 4.74 Å². The highest BCUT2D eigenvalue weighted by molar-refractivity contribution is 6.01. The number of nitrogens with zero attached hydrogens (tertiary/aromatic N) is 2. The number of carbonyl (C=O) groups excluding carboxylic acids is 2. The fraction of sp³-hybridized carbons (Fsp3) is 0.0833. The van der Waals surface area contributed by atoms with Gasteiger partial charge in [0.1, 0.15) is 6.33 Å². The number of nitrogens with two attached hydrogens (primary N) is 1. The van der Waals surface area contributed by atoms with Gasteiger partial charge in [0.2, 0.25) is 0 Å². The molecule has 0 bridgehead atoms. The summed E-state index contributed by atoms with van der Waals surface area (Å²) in [7, 11) is 1.26. The van der Waals surface area contributed by atoms with Crippen molar-refractivity contribution in [2.24, 2.45) is 0 Å². The number of esters is 1. The van der Waals surface area contributed by atoms with E-state index in [1.54, 1.807) is 6.07 Å². The van der Waals surface area contributed by atoms with E-state index >= 15 is 0 Å². The molecule has 1 heterocycles. The summed E-state index contributed by atoms with van der Waals surface area (Å²) < 4.78 is 5.91. The van der Waals surface area contributed by atoms with Gasteiger partial charge >= 0.3 is 5.97 Å². The summed E-state index contributed by atoms with van der Waals surface area (Å²) in [6, 6.07) is 4.45. The van der Waals surface area contributed by atoms with Gasteiger partial charge in [0.25, 0.3) is 5.91 Å². The molecule has 2 rings (SSSR count). The molecule has 0 unspecified atom stereocenters. The number of benzene rings is 1. The quantitative estimate of drug-likeness (QED) is 0.628. The number of anilines is 1. The van der Waals surface area contributed by atoms with Crippen LogP contribution in [-0.4, -0.2) is 28.5 Å². The molecular formula is C12H11N3O3. The Hall–Kier alpha value is -2.63. The zero-order chi connectivity index (χ0) is 13.1. The highest BCUT2D eigenvalue weighted by atomic mass is 16.5. The van der Waals surface area contributed by atoms with E-state index in [1.165, 1.54) is 42.5 Å². The predicted octanol–water partition coefficient (Wildman–Crippen LogP) is 0.940. The number of methoxy groups -OCH3 is 1. The number of rotatable bonds is 2. The third kappa shape index (κ3) is 2.08. The molecule has 0 radical (unpaired) electrons. The lowest BCUT2D eigenvalue weighted by Gasteiger charge is -2.06. The molecule has 6 nitrogen and oxygen atoms in total. The lowest BCUT2D eigenvalue weighted by atomic mass is 10.1. The Labute approximate surface area is 103 Å².